The number of amides is 1. The largest absolute Gasteiger partial charge is 0.327 e. The van der Waals surface area contributed by atoms with Crippen molar-refractivity contribution < 1.29 is 4.79 Å². The summed E-state index contributed by atoms with van der Waals surface area (Å²) in [7, 11) is 0. The summed E-state index contributed by atoms with van der Waals surface area (Å²) in [4.78, 5) is 21.7. The summed E-state index contributed by atoms with van der Waals surface area (Å²) < 4.78 is 0. The third-order valence-corrected chi connectivity index (χ3v) is 7.18. The van der Waals surface area contributed by atoms with E-state index < -0.39 is 0 Å². The van der Waals surface area contributed by atoms with Gasteiger partial charge in [0.05, 0.1) is 23.3 Å². The zero-order valence-electron chi connectivity index (χ0n) is 14.9. The second-order valence-corrected chi connectivity index (χ2v) is 8.92. The lowest BCUT2D eigenvalue weighted by atomic mass is 9.49. The molecule has 2 atom stereocenters. The summed E-state index contributed by atoms with van der Waals surface area (Å²) in [6.07, 6.45) is 8.48. The van der Waals surface area contributed by atoms with Gasteiger partial charge in [0.2, 0.25) is 0 Å². The molecule has 5 aliphatic rings. The van der Waals surface area contributed by atoms with Crippen LogP contribution in [0.3, 0.4) is 0 Å². The van der Waals surface area contributed by atoms with Crippen molar-refractivity contribution in [2.75, 3.05) is 0 Å². The monoisotopic (exact) mass is 350 g/mol. The van der Waals surface area contributed by atoms with Gasteiger partial charge in [-0.1, -0.05) is 0 Å². The summed E-state index contributed by atoms with van der Waals surface area (Å²) >= 11 is 0. The Hall–Kier alpha value is -2.31. The van der Waals surface area contributed by atoms with E-state index >= 15 is 0 Å². The van der Waals surface area contributed by atoms with Gasteiger partial charge < -0.3 is 4.90 Å². The molecule has 7 nitrogen and oxygen atoms in total. The summed E-state index contributed by atoms with van der Waals surface area (Å²) in [5.74, 6) is 2.18. The van der Waals surface area contributed by atoms with Crippen LogP contribution in [0.5, 0.6) is 0 Å². The van der Waals surface area contributed by atoms with Crippen molar-refractivity contribution in [2.24, 2.45) is 11.8 Å². The van der Waals surface area contributed by atoms with Crippen LogP contribution in [0.25, 0.3) is 0 Å². The molecule has 4 bridgehead atoms. The third-order valence-electron chi connectivity index (χ3n) is 7.18. The van der Waals surface area contributed by atoms with Crippen LogP contribution in [-0.4, -0.2) is 41.5 Å². The molecule has 0 unspecified atom stereocenters. The predicted octanol–water partition coefficient (Wildman–Crippen LogP) is 2.08. The first-order valence-electron chi connectivity index (χ1n) is 9.60. The van der Waals surface area contributed by atoms with Crippen molar-refractivity contribution in [1.29, 1.82) is 0 Å². The Labute approximate surface area is 151 Å². The Kier molecular flexibility index (Phi) is 2.67. The molecule has 0 spiro atoms. The van der Waals surface area contributed by atoms with E-state index in [1.54, 1.807) is 6.20 Å². The molecular weight excluding hydrogens is 328 g/mol. The van der Waals surface area contributed by atoms with E-state index in [4.69, 9.17) is 0 Å². The van der Waals surface area contributed by atoms with Crippen molar-refractivity contribution in [3.05, 3.63) is 35.4 Å². The maximum absolute atomic E-state index is 13.2. The summed E-state index contributed by atoms with van der Waals surface area (Å²) in [5.41, 5.74) is 1.56. The zero-order valence-corrected chi connectivity index (χ0v) is 14.9. The number of rotatable bonds is 2. The summed E-state index contributed by atoms with van der Waals surface area (Å²) in [5, 5.41) is 13.1. The van der Waals surface area contributed by atoms with Gasteiger partial charge in [0, 0.05) is 11.7 Å². The lowest BCUT2D eigenvalue weighted by Gasteiger charge is -2.63. The molecular formula is C19H22N6O. The van der Waals surface area contributed by atoms with E-state index in [0.717, 1.165) is 49.2 Å². The number of hydrogen-bond acceptors (Lipinski definition) is 5. The highest BCUT2D eigenvalue weighted by Crippen LogP contribution is 2.62. The molecule has 2 aromatic rings. The Bertz CT molecular complexity index is 906. The van der Waals surface area contributed by atoms with E-state index in [1.165, 1.54) is 6.42 Å². The molecule has 1 aliphatic heterocycles. The number of fused-ring (bicyclic) bond motifs is 1. The van der Waals surface area contributed by atoms with E-state index in [9.17, 15) is 4.79 Å². The van der Waals surface area contributed by atoms with E-state index in [2.05, 4.69) is 25.3 Å². The average Bonchev–Trinajstić information content (AvgIpc) is 3.19. The number of hydrogen-bond donors (Lipinski definition) is 0. The molecule has 0 saturated heterocycles. The Balaban J connectivity index is 1.43. The fraction of sp³-hybridized carbons (Fsp3) is 0.632. The van der Waals surface area contributed by atoms with Crippen LogP contribution in [0.4, 0.5) is 0 Å². The van der Waals surface area contributed by atoms with Crippen molar-refractivity contribution in [2.45, 2.75) is 63.1 Å². The minimum atomic E-state index is -0.0800. The molecule has 0 aromatic carbocycles. The van der Waals surface area contributed by atoms with E-state index in [0.29, 0.717) is 18.4 Å². The molecule has 4 fully saturated rings. The van der Waals surface area contributed by atoms with Gasteiger partial charge in [-0.2, -0.15) is 4.80 Å². The quantitative estimate of drug-likeness (QED) is 0.829. The first-order chi connectivity index (χ1) is 12.6. The van der Waals surface area contributed by atoms with Gasteiger partial charge in [0.25, 0.3) is 5.91 Å². The van der Waals surface area contributed by atoms with Crippen LogP contribution in [0.2, 0.25) is 0 Å². The molecule has 7 rings (SSSR count). The number of carbonyl (C=O) groups is 1. The van der Waals surface area contributed by atoms with Crippen LogP contribution < -0.4 is 0 Å². The maximum atomic E-state index is 13.2. The number of carbonyl (C=O) groups excluding carboxylic acids is 1. The Morgan fingerprint density at radius 2 is 1.92 bits per heavy atom. The van der Waals surface area contributed by atoms with Gasteiger partial charge in [-0.25, -0.2) is 0 Å². The molecule has 4 saturated carbocycles. The lowest BCUT2D eigenvalue weighted by molar-refractivity contribution is -0.122. The zero-order chi connectivity index (χ0) is 17.5. The SMILES string of the molecule is Cc1nnn(C23C[C@H]4C[C@@H](CC(N5Cc6ncccc6C5=O)(C4)C2)C3)n1. The molecule has 0 N–H and O–H groups in total. The molecule has 134 valence electrons. The first-order valence-corrected chi connectivity index (χ1v) is 9.60. The number of pyridine rings is 1. The smallest absolute Gasteiger partial charge is 0.256 e. The second kappa shape index (κ2) is 4.69. The van der Waals surface area contributed by atoms with Crippen molar-refractivity contribution in [3.63, 3.8) is 0 Å². The highest BCUT2D eigenvalue weighted by Gasteiger charge is 2.63. The normalized spacial score (nSPS) is 37.4. The second-order valence-electron chi connectivity index (χ2n) is 8.92. The number of tetrazole rings is 1. The van der Waals surface area contributed by atoms with E-state index in [1.807, 2.05) is 23.9 Å². The van der Waals surface area contributed by atoms with Gasteiger partial charge in [-0.3, -0.25) is 9.78 Å². The van der Waals surface area contributed by atoms with Gasteiger partial charge >= 0.3 is 0 Å². The van der Waals surface area contributed by atoms with Gasteiger partial charge in [-0.05, 0) is 74.6 Å². The standard InChI is InChI=1S/C19H22N6O/c1-12-21-23-25(22-12)19-8-13-5-14(9-19)7-18(6-13,11-19)24-10-16-15(17(24)26)3-2-4-20-16/h2-4,13-14H,5-11H2,1H3/t13-,14-,18?,19?/m0/s1. The molecule has 2 aromatic heterocycles. The fourth-order valence-electron chi connectivity index (χ4n) is 6.71. The first kappa shape index (κ1) is 14.8. The summed E-state index contributed by atoms with van der Waals surface area (Å²) in [6.45, 7) is 2.54. The maximum Gasteiger partial charge on any atom is 0.256 e. The number of aromatic nitrogens is 5. The molecule has 1 amide bonds. The molecule has 0 radical (unpaired) electrons. The van der Waals surface area contributed by atoms with Crippen LogP contribution in [-0.2, 0) is 12.1 Å². The highest BCUT2D eigenvalue weighted by molar-refractivity contribution is 5.98. The summed E-state index contributed by atoms with van der Waals surface area (Å²) in [6, 6.07) is 3.78. The van der Waals surface area contributed by atoms with Crippen LogP contribution in [0, 0.1) is 18.8 Å². The van der Waals surface area contributed by atoms with Crippen LogP contribution >= 0.6 is 0 Å². The van der Waals surface area contributed by atoms with Crippen LogP contribution in [0.15, 0.2) is 18.3 Å². The molecule has 7 heteroatoms. The Morgan fingerprint density at radius 3 is 2.62 bits per heavy atom. The molecule has 26 heavy (non-hydrogen) atoms. The van der Waals surface area contributed by atoms with Crippen molar-refractivity contribution in [3.8, 4) is 0 Å². The lowest BCUT2D eigenvalue weighted by Crippen LogP contribution is -2.66. The van der Waals surface area contributed by atoms with E-state index in [-0.39, 0.29) is 17.0 Å². The van der Waals surface area contributed by atoms with Gasteiger partial charge in [0.1, 0.15) is 0 Å². The number of nitrogens with zero attached hydrogens (tertiary/aromatic N) is 6. The third kappa shape index (κ3) is 1.81. The number of aryl methyl sites for hydroxylation is 1. The predicted molar refractivity (Wildman–Crippen MR) is 92.1 cm³/mol. The minimum Gasteiger partial charge on any atom is -0.327 e. The van der Waals surface area contributed by atoms with Gasteiger partial charge in [-0.15, -0.1) is 10.2 Å². The Morgan fingerprint density at radius 1 is 1.15 bits per heavy atom. The van der Waals surface area contributed by atoms with Crippen molar-refractivity contribution in [1.82, 2.24) is 30.1 Å². The minimum absolute atomic E-state index is 0.0756. The molecule has 3 heterocycles. The fourth-order valence-corrected chi connectivity index (χ4v) is 6.71. The van der Waals surface area contributed by atoms with Crippen LogP contribution in [0.1, 0.15) is 60.4 Å². The van der Waals surface area contributed by atoms with Crippen molar-refractivity contribution >= 4 is 5.91 Å². The van der Waals surface area contributed by atoms with Gasteiger partial charge in [0.15, 0.2) is 5.82 Å². The average molecular weight is 350 g/mol. The highest BCUT2D eigenvalue weighted by atomic mass is 16.2. The molecule has 4 aliphatic carbocycles. The topological polar surface area (TPSA) is 76.8 Å².